The van der Waals surface area contributed by atoms with Gasteiger partial charge in [0.1, 0.15) is 0 Å². The van der Waals surface area contributed by atoms with E-state index in [0.717, 1.165) is 6.42 Å². The van der Waals surface area contributed by atoms with Crippen molar-refractivity contribution in [3.63, 3.8) is 0 Å². The van der Waals surface area contributed by atoms with Gasteiger partial charge in [0.25, 0.3) is 0 Å². The van der Waals surface area contributed by atoms with Crippen molar-refractivity contribution in [2.24, 2.45) is 0 Å². The molecule has 0 spiro atoms. The summed E-state index contributed by atoms with van der Waals surface area (Å²) in [5, 5.41) is 9.18. The number of rotatable bonds is 4. The summed E-state index contributed by atoms with van der Waals surface area (Å²) in [7, 11) is -3.63. The average molecular weight is 319 g/mol. The highest BCUT2D eigenvalue weighted by atomic mass is 35.5. The molecule has 1 aliphatic rings. The minimum absolute atomic E-state index is 0.0297. The van der Waals surface area contributed by atoms with Gasteiger partial charge in [-0.05, 0) is 37.5 Å². The number of halogens is 1. The minimum Gasteiger partial charge on any atom is -0.478 e. The van der Waals surface area contributed by atoms with E-state index in [4.69, 9.17) is 21.4 Å². The van der Waals surface area contributed by atoms with Gasteiger partial charge in [0.05, 0.1) is 22.3 Å². The zero-order valence-electron chi connectivity index (χ0n) is 10.9. The lowest BCUT2D eigenvalue weighted by Gasteiger charge is -2.14. The van der Waals surface area contributed by atoms with Crippen LogP contribution in [0.2, 0.25) is 5.02 Å². The van der Waals surface area contributed by atoms with Crippen LogP contribution < -0.4 is 0 Å². The van der Waals surface area contributed by atoms with Crippen molar-refractivity contribution in [3.8, 4) is 0 Å². The van der Waals surface area contributed by atoms with Gasteiger partial charge in [-0.1, -0.05) is 11.6 Å². The second kappa shape index (κ2) is 5.71. The fourth-order valence-electron chi connectivity index (χ4n) is 2.31. The van der Waals surface area contributed by atoms with Gasteiger partial charge >= 0.3 is 5.97 Å². The zero-order chi connectivity index (χ0) is 14.9. The molecule has 0 amide bonds. The number of benzene rings is 1. The van der Waals surface area contributed by atoms with E-state index in [1.54, 1.807) is 0 Å². The highest BCUT2D eigenvalue weighted by molar-refractivity contribution is 7.91. The van der Waals surface area contributed by atoms with E-state index in [-0.39, 0.29) is 32.9 Å². The van der Waals surface area contributed by atoms with E-state index in [1.165, 1.54) is 19.1 Å². The Morgan fingerprint density at radius 2 is 2.20 bits per heavy atom. The van der Waals surface area contributed by atoms with Gasteiger partial charge in [-0.25, -0.2) is 13.2 Å². The number of ether oxygens (including phenoxy) is 1. The number of carboxylic acid groups (broad SMARTS) is 1. The molecule has 110 valence electrons. The molecule has 0 saturated carbocycles. The molecule has 7 heteroatoms. The van der Waals surface area contributed by atoms with Crippen LogP contribution in [0.25, 0.3) is 0 Å². The molecule has 1 atom stereocenters. The summed E-state index contributed by atoms with van der Waals surface area (Å²) in [6.45, 7) is 2.04. The van der Waals surface area contributed by atoms with E-state index in [9.17, 15) is 13.2 Å². The molecule has 0 bridgehead atoms. The van der Waals surface area contributed by atoms with Crippen molar-refractivity contribution in [1.29, 1.82) is 0 Å². The third kappa shape index (κ3) is 3.13. The van der Waals surface area contributed by atoms with Crippen LogP contribution >= 0.6 is 11.6 Å². The lowest BCUT2D eigenvalue weighted by atomic mass is 10.1. The predicted molar refractivity (Wildman–Crippen MR) is 74.2 cm³/mol. The van der Waals surface area contributed by atoms with Gasteiger partial charge < -0.3 is 9.84 Å². The maximum absolute atomic E-state index is 12.4. The van der Waals surface area contributed by atoms with Gasteiger partial charge in [-0.15, -0.1) is 0 Å². The maximum Gasteiger partial charge on any atom is 0.336 e. The monoisotopic (exact) mass is 318 g/mol. The quantitative estimate of drug-likeness (QED) is 0.921. The molecule has 1 N–H and O–H groups in total. The van der Waals surface area contributed by atoms with E-state index >= 15 is 0 Å². The summed E-state index contributed by atoms with van der Waals surface area (Å²) in [5.74, 6) is -1.34. The number of hydrogen-bond donors (Lipinski definition) is 1. The number of carboxylic acids is 1. The Morgan fingerprint density at radius 3 is 2.75 bits per heavy atom. The second-order valence-electron chi connectivity index (χ2n) is 4.80. The molecule has 0 aromatic heterocycles. The van der Waals surface area contributed by atoms with Crippen molar-refractivity contribution in [3.05, 3.63) is 28.3 Å². The molecule has 1 heterocycles. The molecule has 1 unspecified atom stereocenters. The van der Waals surface area contributed by atoms with Crippen LogP contribution in [0, 0.1) is 6.92 Å². The van der Waals surface area contributed by atoms with E-state index < -0.39 is 15.8 Å². The predicted octanol–water partition coefficient (Wildman–Crippen LogP) is 2.30. The molecule has 1 aromatic rings. The first kappa shape index (κ1) is 15.3. The molecular formula is C13H15ClO5S. The van der Waals surface area contributed by atoms with Crippen LogP contribution in [0.1, 0.15) is 28.8 Å². The van der Waals surface area contributed by atoms with Crippen LogP contribution in [-0.2, 0) is 14.6 Å². The average Bonchev–Trinajstić information content (AvgIpc) is 2.83. The second-order valence-corrected chi connectivity index (χ2v) is 7.24. The van der Waals surface area contributed by atoms with E-state index in [2.05, 4.69) is 0 Å². The third-order valence-electron chi connectivity index (χ3n) is 3.32. The highest BCUT2D eigenvalue weighted by Gasteiger charge is 2.28. The highest BCUT2D eigenvalue weighted by Crippen LogP contribution is 2.27. The summed E-state index contributed by atoms with van der Waals surface area (Å²) < 4.78 is 30.1. The number of sulfone groups is 1. The smallest absolute Gasteiger partial charge is 0.336 e. The molecule has 20 heavy (non-hydrogen) atoms. The number of aromatic carboxylic acids is 1. The van der Waals surface area contributed by atoms with E-state index in [0.29, 0.717) is 13.0 Å². The summed E-state index contributed by atoms with van der Waals surface area (Å²) in [6.07, 6.45) is 1.21. The Kier molecular flexibility index (Phi) is 4.36. The minimum atomic E-state index is -3.63. The largest absolute Gasteiger partial charge is 0.478 e. The van der Waals surface area contributed by atoms with Gasteiger partial charge in [-0.3, -0.25) is 0 Å². The molecule has 2 rings (SSSR count). The maximum atomic E-state index is 12.4. The van der Waals surface area contributed by atoms with Crippen molar-refractivity contribution >= 4 is 27.4 Å². The molecule has 5 nitrogen and oxygen atoms in total. The first-order chi connectivity index (χ1) is 9.31. The van der Waals surface area contributed by atoms with Gasteiger partial charge in [0.2, 0.25) is 0 Å². The van der Waals surface area contributed by atoms with Gasteiger partial charge in [0.15, 0.2) is 9.84 Å². The number of carbonyl (C=O) groups is 1. The van der Waals surface area contributed by atoms with Gasteiger partial charge in [0, 0.05) is 11.6 Å². The van der Waals surface area contributed by atoms with Gasteiger partial charge in [-0.2, -0.15) is 0 Å². The standard InChI is InChI=1S/C13H15ClO5S/c1-8-11(13(15)16)5-9(14)6-12(8)20(17,18)7-10-3-2-4-19-10/h5-6,10H,2-4,7H2,1H3,(H,15,16). The Labute approximate surface area is 122 Å². The Hall–Kier alpha value is -1.11. The third-order valence-corrected chi connectivity index (χ3v) is 5.44. The molecule has 0 aliphatic carbocycles. The Morgan fingerprint density at radius 1 is 1.50 bits per heavy atom. The van der Waals surface area contributed by atoms with Crippen LogP contribution in [0.4, 0.5) is 0 Å². The summed E-state index contributed by atoms with van der Waals surface area (Å²) in [4.78, 5) is 11.1. The fourth-order valence-corrected chi connectivity index (χ4v) is 4.41. The molecule has 1 saturated heterocycles. The van der Waals surface area contributed by atoms with E-state index in [1.807, 2.05) is 0 Å². The topological polar surface area (TPSA) is 80.7 Å². The first-order valence-corrected chi connectivity index (χ1v) is 8.22. The Bertz CT molecular complexity index is 632. The lowest BCUT2D eigenvalue weighted by molar-refractivity contribution is 0.0696. The molecule has 1 fully saturated rings. The SMILES string of the molecule is Cc1c(C(=O)O)cc(Cl)cc1S(=O)(=O)CC1CCCO1. The molecule has 1 aromatic carbocycles. The van der Waals surface area contributed by atoms with Crippen molar-refractivity contribution < 1.29 is 23.1 Å². The van der Waals surface area contributed by atoms with Crippen LogP contribution in [-0.4, -0.2) is 38.0 Å². The molecule has 1 aliphatic heterocycles. The first-order valence-electron chi connectivity index (χ1n) is 6.19. The van der Waals surface area contributed by atoms with Crippen LogP contribution in [0.5, 0.6) is 0 Å². The van der Waals surface area contributed by atoms with Crippen LogP contribution in [0.3, 0.4) is 0 Å². The summed E-state index contributed by atoms with van der Waals surface area (Å²) in [5.41, 5.74) is 0.114. The molecular weight excluding hydrogens is 304 g/mol. The molecule has 0 radical (unpaired) electrons. The summed E-state index contributed by atoms with van der Waals surface area (Å²) in [6, 6.07) is 2.55. The fraction of sp³-hybridized carbons (Fsp3) is 0.462. The number of hydrogen-bond acceptors (Lipinski definition) is 4. The van der Waals surface area contributed by atoms with Crippen molar-refractivity contribution in [2.45, 2.75) is 30.8 Å². The van der Waals surface area contributed by atoms with Crippen LogP contribution in [0.15, 0.2) is 17.0 Å². The zero-order valence-corrected chi connectivity index (χ0v) is 12.5. The Balaban J connectivity index is 2.42. The summed E-state index contributed by atoms with van der Waals surface area (Å²) >= 11 is 5.83. The lowest BCUT2D eigenvalue weighted by Crippen LogP contribution is -2.21. The van der Waals surface area contributed by atoms with Crippen molar-refractivity contribution in [1.82, 2.24) is 0 Å². The van der Waals surface area contributed by atoms with Crippen molar-refractivity contribution in [2.75, 3.05) is 12.4 Å². The normalized spacial score (nSPS) is 19.2.